The van der Waals surface area contributed by atoms with Gasteiger partial charge in [-0.15, -0.1) is 0 Å². The van der Waals surface area contributed by atoms with Crippen LogP contribution in [-0.2, 0) is 9.53 Å². The third-order valence-corrected chi connectivity index (χ3v) is 4.58. The molecular formula is C15H17BrN2O4S. The molecule has 0 radical (unpaired) electrons. The van der Waals surface area contributed by atoms with Gasteiger partial charge in [0.25, 0.3) is 0 Å². The van der Waals surface area contributed by atoms with E-state index in [0.717, 1.165) is 11.8 Å². The van der Waals surface area contributed by atoms with Gasteiger partial charge in [0.15, 0.2) is 0 Å². The maximum absolute atomic E-state index is 11.9. The number of carbonyl (C=O) groups excluding carboxylic acids is 2. The predicted octanol–water partition coefficient (Wildman–Crippen LogP) is 3.14. The molecule has 0 saturated heterocycles. The molecule has 0 fully saturated rings. The van der Waals surface area contributed by atoms with Crippen molar-refractivity contribution in [1.29, 1.82) is 0 Å². The molecule has 2 N–H and O–H groups in total. The van der Waals surface area contributed by atoms with Crippen molar-refractivity contribution in [3.8, 4) is 0 Å². The molecule has 1 heterocycles. The van der Waals surface area contributed by atoms with Gasteiger partial charge in [-0.1, -0.05) is 34.1 Å². The van der Waals surface area contributed by atoms with Crippen LogP contribution in [0.5, 0.6) is 0 Å². The van der Waals surface area contributed by atoms with Crippen LogP contribution in [0.1, 0.15) is 26.3 Å². The smallest absolute Gasteiger partial charge is 0.412 e. The number of carbonyl (C=O) groups is 2. The van der Waals surface area contributed by atoms with Crippen molar-refractivity contribution < 1.29 is 19.4 Å². The Hall–Kier alpha value is -1.38. The molecule has 1 atom stereocenters. The van der Waals surface area contributed by atoms with Crippen molar-refractivity contribution in [3.05, 3.63) is 29.8 Å². The summed E-state index contributed by atoms with van der Waals surface area (Å²) in [5.74, 6) is 0. The summed E-state index contributed by atoms with van der Waals surface area (Å²) < 4.78 is 5.22. The lowest BCUT2D eigenvalue weighted by molar-refractivity contribution is -0.124. The van der Waals surface area contributed by atoms with Crippen molar-refractivity contribution >= 4 is 49.6 Å². The lowest BCUT2D eigenvalue weighted by atomic mass is 10.2. The molecule has 1 aromatic carbocycles. The van der Waals surface area contributed by atoms with Gasteiger partial charge in [-0.3, -0.25) is 10.1 Å². The van der Waals surface area contributed by atoms with E-state index in [4.69, 9.17) is 4.74 Å². The molecule has 0 aliphatic carbocycles. The minimum Gasteiger partial charge on any atom is -0.444 e. The predicted molar refractivity (Wildman–Crippen MR) is 94.2 cm³/mol. The zero-order chi connectivity index (χ0) is 17.3. The summed E-state index contributed by atoms with van der Waals surface area (Å²) in [5, 5.41) is 12.7. The van der Waals surface area contributed by atoms with E-state index in [-0.39, 0.29) is 5.33 Å². The number of hydrogen-bond acceptors (Lipinski definition) is 6. The Morgan fingerprint density at radius 2 is 2.09 bits per heavy atom. The van der Waals surface area contributed by atoms with E-state index in [1.54, 1.807) is 45.0 Å². The van der Waals surface area contributed by atoms with Crippen LogP contribution in [0.25, 0.3) is 0 Å². The van der Waals surface area contributed by atoms with Gasteiger partial charge in [0.05, 0.1) is 11.0 Å². The van der Waals surface area contributed by atoms with E-state index in [1.165, 1.54) is 0 Å². The Labute approximate surface area is 146 Å². The Bertz CT molecular complexity index is 672. The summed E-state index contributed by atoms with van der Waals surface area (Å²) in [4.78, 5) is 27.9. The summed E-state index contributed by atoms with van der Waals surface area (Å²) in [6, 6.07) is 6.90. The number of hydrogen-bond donors (Lipinski definition) is 2. The summed E-state index contributed by atoms with van der Waals surface area (Å²) in [6.07, 6.45) is -0.601. The average molecular weight is 401 g/mol. The number of nitrogens with one attached hydrogen (secondary N) is 1. The number of anilines is 1. The van der Waals surface area contributed by atoms with Crippen molar-refractivity contribution in [2.75, 3.05) is 10.6 Å². The van der Waals surface area contributed by atoms with Crippen LogP contribution in [0.4, 0.5) is 10.5 Å². The summed E-state index contributed by atoms with van der Waals surface area (Å²) in [5.41, 5.74) is -1.39. The minimum atomic E-state index is -1.78. The number of rotatable bonds is 3. The second-order valence-corrected chi connectivity index (χ2v) is 7.45. The Kier molecular flexibility index (Phi) is 5.17. The molecule has 0 unspecified atom stereocenters. The van der Waals surface area contributed by atoms with Crippen LogP contribution in [0.3, 0.4) is 0 Å². The number of aliphatic imine (C=N–C) groups is 1. The number of ether oxygens (including phenoxy) is 1. The molecule has 23 heavy (non-hydrogen) atoms. The topological polar surface area (TPSA) is 88.0 Å². The number of nitrogens with zero attached hydrogens (tertiary/aromatic N) is 1. The highest BCUT2D eigenvalue weighted by Crippen LogP contribution is 2.34. The zero-order valence-corrected chi connectivity index (χ0v) is 15.3. The second kappa shape index (κ2) is 6.62. The first kappa shape index (κ1) is 18.0. The first-order valence-electron chi connectivity index (χ1n) is 6.84. The molecule has 6 nitrogen and oxygen atoms in total. The molecule has 1 aliphatic heterocycles. The Morgan fingerprint density at radius 3 is 2.65 bits per heavy atom. The van der Waals surface area contributed by atoms with Crippen molar-refractivity contribution in [3.63, 3.8) is 0 Å². The Morgan fingerprint density at radius 1 is 1.43 bits per heavy atom. The van der Waals surface area contributed by atoms with Gasteiger partial charge in [-0.25, -0.2) is 9.79 Å². The van der Waals surface area contributed by atoms with Gasteiger partial charge in [0.1, 0.15) is 10.6 Å². The second-order valence-electron chi connectivity index (χ2n) is 5.93. The maximum atomic E-state index is 11.9. The van der Waals surface area contributed by atoms with Gasteiger partial charge in [0, 0.05) is 5.56 Å². The van der Waals surface area contributed by atoms with Crippen LogP contribution in [-0.4, -0.2) is 38.0 Å². The lowest BCUT2D eigenvalue weighted by Gasteiger charge is -2.20. The fraction of sp³-hybridized carbons (Fsp3) is 0.400. The maximum Gasteiger partial charge on any atom is 0.412 e. The standard InChI is InChI=1S/C15H17BrN2O4S/c1-14(2,3)22-13(20)17-10-7-5-4-6-9(10)11-18-15(21,8-16)12(19)23-11/h4-7,21H,8H2,1-3H3,(H,17,20)/t15-/m1/s1. The number of para-hydroxylation sites is 1. The van der Waals surface area contributed by atoms with Gasteiger partial charge in [-0.05, 0) is 38.6 Å². The van der Waals surface area contributed by atoms with Crippen molar-refractivity contribution in [2.45, 2.75) is 32.1 Å². The summed E-state index contributed by atoms with van der Waals surface area (Å²) in [7, 11) is 0. The highest BCUT2D eigenvalue weighted by molar-refractivity contribution is 9.09. The van der Waals surface area contributed by atoms with E-state index >= 15 is 0 Å². The molecule has 124 valence electrons. The largest absolute Gasteiger partial charge is 0.444 e. The first-order valence-corrected chi connectivity index (χ1v) is 8.78. The van der Waals surface area contributed by atoms with E-state index in [2.05, 4.69) is 26.2 Å². The highest BCUT2D eigenvalue weighted by atomic mass is 79.9. The van der Waals surface area contributed by atoms with Gasteiger partial charge >= 0.3 is 6.09 Å². The van der Waals surface area contributed by atoms with E-state index in [9.17, 15) is 14.7 Å². The van der Waals surface area contributed by atoms with Crippen LogP contribution in [0.2, 0.25) is 0 Å². The normalized spacial score (nSPS) is 21.1. The van der Waals surface area contributed by atoms with Gasteiger partial charge in [0.2, 0.25) is 10.8 Å². The quantitative estimate of drug-likeness (QED) is 0.760. The molecule has 2 rings (SSSR count). The third-order valence-electron chi connectivity index (χ3n) is 2.78. The van der Waals surface area contributed by atoms with Gasteiger partial charge < -0.3 is 9.84 Å². The van der Waals surface area contributed by atoms with Crippen molar-refractivity contribution in [2.24, 2.45) is 4.99 Å². The minimum absolute atomic E-state index is 0.0109. The third kappa shape index (κ3) is 4.33. The molecular weight excluding hydrogens is 384 g/mol. The van der Waals surface area contributed by atoms with Crippen LogP contribution in [0, 0.1) is 0 Å². The monoisotopic (exact) mass is 400 g/mol. The van der Waals surface area contributed by atoms with Crippen LogP contribution < -0.4 is 5.32 Å². The van der Waals surface area contributed by atoms with Crippen LogP contribution in [0.15, 0.2) is 29.3 Å². The van der Waals surface area contributed by atoms with Crippen LogP contribution >= 0.6 is 27.7 Å². The summed E-state index contributed by atoms with van der Waals surface area (Å²) >= 11 is 3.93. The number of thioether (sulfide) groups is 1. The molecule has 0 aromatic heterocycles. The van der Waals surface area contributed by atoms with Crippen molar-refractivity contribution in [1.82, 2.24) is 0 Å². The van der Waals surface area contributed by atoms with E-state index < -0.39 is 22.5 Å². The van der Waals surface area contributed by atoms with E-state index in [0.29, 0.717) is 16.3 Å². The number of amides is 1. The Balaban J connectivity index is 2.27. The first-order chi connectivity index (χ1) is 10.6. The fourth-order valence-corrected chi connectivity index (χ4v) is 3.30. The van der Waals surface area contributed by atoms with Gasteiger partial charge in [-0.2, -0.15) is 0 Å². The number of halogens is 1. The molecule has 1 aliphatic rings. The summed E-state index contributed by atoms with van der Waals surface area (Å²) in [6.45, 7) is 5.30. The molecule has 0 saturated carbocycles. The highest BCUT2D eigenvalue weighted by Gasteiger charge is 2.42. The fourth-order valence-electron chi connectivity index (χ4n) is 1.80. The lowest BCUT2D eigenvalue weighted by Crippen LogP contribution is -2.32. The average Bonchev–Trinajstić information content (AvgIpc) is 2.74. The number of aliphatic hydroxyl groups is 1. The molecule has 1 aromatic rings. The SMILES string of the molecule is CC(C)(C)OC(=O)Nc1ccccc1C1=N[C@@](O)(CBr)C(=O)S1. The molecule has 1 amide bonds. The molecule has 0 bridgehead atoms. The molecule has 8 heteroatoms. The number of benzene rings is 1. The molecule has 0 spiro atoms. The van der Waals surface area contributed by atoms with E-state index in [1.807, 2.05) is 0 Å². The zero-order valence-electron chi connectivity index (χ0n) is 12.9. The number of alkyl halides is 1.